The van der Waals surface area contributed by atoms with Crippen LogP contribution in [0.25, 0.3) is 15.7 Å². The van der Waals surface area contributed by atoms with Crippen LogP contribution in [-0.4, -0.2) is 36.5 Å². The van der Waals surface area contributed by atoms with Gasteiger partial charge < -0.3 is 4.52 Å². The van der Waals surface area contributed by atoms with E-state index in [2.05, 4.69) is 20.5 Å². The quantitative estimate of drug-likeness (QED) is 0.400. The van der Waals surface area contributed by atoms with E-state index in [9.17, 15) is 4.79 Å². The number of hydrogen-bond acceptors (Lipinski definition) is 8. The highest BCUT2D eigenvalue weighted by Gasteiger charge is 2.17. The summed E-state index contributed by atoms with van der Waals surface area (Å²) in [4.78, 5) is 12.8. The lowest BCUT2D eigenvalue weighted by atomic mass is 10.2. The number of carbonyl (C=O) groups excluding carboxylic acids is 1. The summed E-state index contributed by atoms with van der Waals surface area (Å²) in [6, 6.07) is 11.0. The Kier molecular flexibility index (Phi) is 3.87. The van der Waals surface area contributed by atoms with E-state index in [4.69, 9.17) is 4.52 Å². The number of nitrogens with zero attached hydrogens (tertiary/aromatic N) is 5. The molecule has 0 fully saturated rings. The van der Waals surface area contributed by atoms with Crippen molar-refractivity contribution in [3.63, 3.8) is 0 Å². The molecule has 0 amide bonds. The van der Waals surface area contributed by atoms with Crippen LogP contribution in [0.4, 0.5) is 0 Å². The standard InChI is InChI=1S/C15H11N5O2S2/c1-9-7-11(19-22-9)13-18-20-14(16-17-15(20)24-13)23-8-12(21)10-5-3-2-4-6-10/h2-7H,8H2,1H3. The Hall–Kier alpha value is -2.52. The number of thioether (sulfide) groups is 1. The second-order valence-corrected chi connectivity index (χ2v) is 6.88. The van der Waals surface area contributed by atoms with Crippen molar-refractivity contribution in [3.05, 3.63) is 47.7 Å². The molecule has 0 spiro atoms. The summed E-state index contributed by atoms with van der Waals surface area (Å²) in [5.41, 5.74) is 1.35. The van der Waals surface area contributed by atoms with Crippen LogP contribution in [0.2, 0.25) is 0 Å². The van der Waals surface area contributed by atoms with Crippen LogP contribution in [0, 0.1) is 6.92 Å². The van der Waals surface area contributed by atoms with Gasteiger partial charge in [0.1, 0.15) is 11.5 Å². The van der Waals surface area contributed by atoms with Gasteiger partial charge in [-0.05, 0) is 6.92 Å². The van der Waals surface area contributed by atoms with Crippen LogP contribution in [0.3, 0.4) is 0 Å². The lowest BCUT2D eigenvalue weighted by molar-refractivity contribution is 0.102. The third-order valence-electron chi connectivity index (χ3n) is 3.24. The molecule has 0 saturated carbocycles. The van der Waals surface area contributed by atoms with Gasteiger partial charge in [0.2, 0.25) is 10.1 Å². The molecular weight excluding hydrogens is 346 g/mol. The molecule has 7 nitrogen and oxygen atoms in total. The molecular formula is C15H11N5O2S2. The van der Waals surface area contributed by atoms with E-state index in [-0.39, 0.29) is 11.5 Å². The minimum atomic E-state index is 0.0416. The van der Waals surface area contributed by atoms with Crippen LogP contribution in [0.5, 0.6) is 0 Å². The van der Waals surface area contributed by atoms with Crippen LogP contribution >= 0.6 is 23.1 Å². The van der Waals surface area contributed by atoms with Crippen molar-refractivity contribution in [1.29, 1.82) is 0 Å². The van der Waals surface area contributed by atoms with Gasteiger partial charge in [-0.3, -0.25) is 4.79 Å². The second-order valence-electron chi connectivity index (χ2n) is 4.98. The van der Waals surface area contributed by atoms with E-state index in [1.165, 1.54) is 23.1 Å². The van der Waals surface area contributed by atoms with Crippen molar-refractivity contribution < 1.29 is 9.32 Å². The lowest BCUT2D eigenvalue weighted by Gasteiger charge is -1.98. The molecule has 0 bridgehead atoms. The molecule has 0 saturated heterocycles. The van der Waals surface area contributed by atoms with Crippen LogP contribution < -0.4 is 0 Å². The molecule has 1 aromatic carbocycles. The summed E-state index contributed by atoms with van der Waals surface area (Å²) < 4.78 is 6.70. The van der Waals surface area contributed by atoms with Crippen molar-refractivity contribution in [3.8, 4) is 10.7 Å². The van der Waals surface area contributed by atoms with Gasteiger partial charge in [-0.25, -0.2) is 0 Å². The third-order valence-corrected chi connectivity index (χ3v) is 5.08. The predicted molar refractivity (Wildman–Crippen MR) is 90.4 cm³/mol. The fourth-order valence-electron chi connectivity index (χ4n) is 2.10. The van der Waals surface area contributed by atoms with E-state index in [0.29, 0.717) is 26.4 Å². The van der Waals surface area contributed by atoms with Crippen molar-refractivity contribution in [2.75, 3.05) is 5.75 Å². The number of benzene rings is 1. The van der Waals surface area contributed by atoms with E-state index in [0.717, 1.165) is 5.76 Å². The minimum absolute atomic E-state index is 0.0416. The largest absolute Gasteiger partial charge is 0.361 e. The summed E-state index contributed by atoms with van der Waals surface area (Å²) >= 11 is 2.69. The zero-order chi connectivity index (χ0) is 16.5. The summed E-state index contributed by atoms with van der Waals surface area (Å²) in [6.45, 7) is 1.83. The second kappa shape index (κ2) is 6.17. The van der Waals surface area contributed by atoms with Gasteiger partial charge in [-0.15, -0.1) is 10.2 Å². The fraction of sp³-hybridized carbons (Fsp3) is 0.133. The zero-order valence-corrected chi connectivity index (χ0v) is 14.2. The van der Waals surface area contributed by atoms with Gasteiger partial charge in [0.15, 0.2) is 10.8 Å². The molecule has 4 rings (SSSR count). The molecule has 120 valence electrons. The topological polar surface area (TPSA) is 86.2 Å². The lowest BCUT2D eigenvalue weighted by Crippen LogP contribution is -2.03. The SMILES string of the molecule is Cc1cc(-c2nn3c(SCC(=O)c4ccccc4)nnc3s2)no1. The average molecular weight is 357 g/mol. The van der Waals surface area contributed by atoms with Gasteiger partial charge in [-0.2, -0.15) is 9.61 Å². The summed E-state index contributed by atoms with van der Waals surface area (Å²) in [5.74, 6) is 1.04. The molecule has 0 unspecified atom stereocenters. The Morgan fingerprint density at radius 1 is 1.29 bits per heavy atom. The van der Waals surface area contributed by atoms with Gasteiger partial charge in [-0.1, -0.05) is 58.6 Å². The van der Waals surface area contributed by atoms with Crippen molar-refractivity contribution >= 4 is 33.8 Å². The Morgan fingerprint density at radius 2 is 2.12 bits per heavy atom. The number of ketones is 1. The highest BCUT2D eigenvalue weighted by molar-refractivity contribution is 7.99. The van der Waals surface area contributed by atoms with E-state index >= 15 is 0 Å². The van der Waals surface area contributed by atoms with Crippen LogP contribution in [0.1, 0.15) is 16.1 Å². The van der Waals surface area contributed by atoms with Gasteiger partial charge in [0.25, 0.3) is 0 Å². The predicted octanol–water partition coefficient (Wildman–Crippen LogP) is 3.12. The number of fused-ring (bicyclic) bond motifs is 1. The molecule has 3 heterocycles. The summed E-state index contributed by atoms with van der Waals surface area (Å²) in [7, 11) is 0. The molecule has 0 N–H and O–H groups in total. The van der Waals surface area contributed by atoms with Gasteiger partial charge >= 0.3 is 0 Å². The molecule has 0 radical (unpaired) electrons. The Morgan fingerprint density at radius 3 is 2.88 bits per heavy atom. The average Bonchev–Trinajstić information content (AvgIpc) is 3.29. The Bertz CT molecular complexity index is 1010. The first kappa shape index (κ1) is 15.0. The van der Waals surface area contributed by atoms with Crippen molar-refractivity contribution in [1.82, 2.24) is 25.0 Å². The maximum Gasteiger partial charge on any atom is 0.235 e. The molecule has 9 heteroatoms. The van der Waals surface area contributed by atoms with Crippen LogP contribution in [0.15, 0.2) is 46.1 Å². The molecule has 0 aliphatic carbocycles. The van der Waals surface area contributed by atoms with Crippen molar-refractivity contribution in [2.45, 2.75) is 12.1 Å². The summed E-state index contributed by atoms with van der Waals surface area (Å²) in [6.07, 6.45) is 0. The number of rotatable bonds is 5. The summed E-state index contributed by atoms with van der Waals surface area (Å²) in [5, 5.41) is 17.9. The Balaban J connectivity index is 1.54. The van der Waals surface area contributed by atoms with E-state index in [1.807, 2.05) is 31.2 Å². The first-order valence-corrected chi connectivity index (χ1v) is 8.88. The molecule has 0 aliphatic rings. The normalized spacial score (nSPS) is 11.2. The molecule has 3 aromatic heterocycles. The van der Waals surface area contributed by atoms with Gasteiger partial charge in [0, 0.05) is 11.6 Å². The number of aryl methyl sites for hydroxylation is 1. The maximum absolute atomic E-state index is 12.2. The number of aromatic nitrogens is 5. The first-order valence-electron chi connectivity index (χ1n) is 7.08. The van der Waals surface area contributed by atoms with E-state index in [1.54, 1.807) is 16.6 Å². The monoisotopic (exact) mass is 357 g/mol. The van der Waals surface area contributed by atoms with Crippen molar-refractivity contribution in [2.24, 2.45) is 0 Å². The van der Waals surface area contributed by atoms with E-state index < -0.39 is 0 Å². The zero-order valence-electron chi connectivity index (χ0n) is 12.5. The van der Waals surface area contributed by atoms with Gasteiger partial charge in [0.05, 0.1) is 5.75 Å². The highest BCUT2D eigenvalue weighted by atomic mass is 32.2. The molecule has 4 aromatic rings. The first-order chi connectivity index (χ1) is 11.7. The molecule has 0 atom stereocenters. The smallest absolute Gasteiger partial charge is 0.235 e. The minimum Gasteiger partial charge on any atom is -0.361 e. The maximum atomic E-state index is 12.2. The number of carbonyl (C=O) groups is 1. The highest BCUT2D eigenvalue weighted by Crippen LogP contribution is 2.27. The third kappa shape index (κ3) is 2.83. The molecule has 24 heavy (non-hydrogen) atoms. The van der Waals surface area contributed by atoms with Crippen LogP contribution in [-0.2, 0) is 0 Å². The number of hydrogen-bond donors (Lipinski definition) is 0. The number of Topliss-reactive ketones (excluding diaryl/α,β-unsaturated/α-hetero) is 1. The fourth-order valence-corrected chi connectivity index (χ4v) is 3.72. The Labute approximate surface area is 144 Å². The molecule has 0 aliphatic heterocycles.